The molecule has 1 N–H and O–H groups in total. The first kappa shape index (κ1) is 11.7. The Hall–Kier alpha value is -0.800. The normalized spacial score (nSPS) is 21.6. The molecule has 2 rings (SSSR count). The van der Waals surface area contributed by atoms with E-state index in [9.17, 15) is 0 Å². The SMILES string of the molecule is CC(C)N1CCC(Nc2cccc(Cl)n2)C1. The zero-order chi connectivity index (χ0) is 11.5. The van der Waals surface area contributed by atoms with E-state index >= 15 is 0 Å². The van der Waals surface area contributed by atoms with Crippen molar-refractivity contribution in [2.75, 3.05) is 18.4 Å². The summed E-state index contributed by atoms with van der Waals surface area (Å²) >= 11 is 5.85. The van der Waals surface area contributed by atoms with Gasteiger partial charge in [-0.3, -0.25) is 4.90 Å². The lowest BCUT2D eigenvalue weighted by Gasteiger charge is -2.20. The van der Waals surface area contributed by atoms with E-state index in [1.165, 1.54) is 6.42 Å². The van der Waals surface area contributed by atoms with Gasteiger partial charge in [-0.1, -0.05) is 17.7 Å². The lowest BCUT2D eigenvalue weighted by Crippen LogP contribution is -2.31. The zero-order valence-corrected chi connectivity index (χ0v) is 10.5. The summed E-state index contributed by atoms with van der Waals surface area (Å²) in [5.41, 5.74) is 0. The number of rotatable bonds is 3. The predicted octanol–water partition coefficient (Wildman–Crippen LogP) is 2.63. The minimum absolute atomic E-state index is 0.494. The van der Waals surface area contributed by atoms with Crippen LogP contribution in [0, 0.1) is 0 Å². The monoisotopic (exact) mass is 239 g/mol. The van der Waals surface area contributed by atoms with Crippen molar-refractivity contribution in [2.24, 2.45) is 0 Å². The van der Waals surface area contributed by atoms with Gasteiger partial charge in [0, 0.05) is 25.2 Å². The molecule has 0 amide bonds. The van der Waals surface area contributed by atoms with E-state index in [2.05, 4.69) is 29.0 Å². The minimum Gasteiger partial charge on any atom is -0.366 e. The van der Waals surface area contributed by atoms with Gasteiger partial charge in [0.05, 0.1) is 0 Å². The lowest BCUT2D eigenvalue weighted by atomic mass is 10.2. The number of anilines is 1. The Bertz CT molecular complexity index is 354. The van der Waals surface area contributed by atoms with E-state index in [4.69, 9.17) is 11.6 Å². The molecule has 2 heterocycles. The van der Waals surface area contributed by atoms with Crippen LogP contribution in [0.5, 0.6) is 0 Å². The largest absolute Gasteiger partial charge is 0.366 e. The standard InChI is InChI=1S/C12H18ClN3/c1-9(2)16-7-6-10(8-16)14-12-5-3-4-11(13)15-12/h3-5,9-10H,6-8H2,1-2H3,(H,14,15). The summed E-state index contributed by atoms with van der Waals surface area (Å²) in [6, 6.07) is 6.80. The third-order valence-corrected chi connectivity index (χ3v) is 3.23. The van der Waals surface area contributed by atoms with Gasteiger partial charge in [0.1, 0.15) is 11.0 Å². The lowest BCUT2D eigenvalue weighted by molar-refractivity contribution is 0.274. The van der Waals surface area contributed by atoms with Gasteiger partial charge >= 0.3 is 0 Å². The molecule has 88 valence electrons. The number of hydrogen-bond donors (Lipinski definition) is 1. The van der Waals surface area contributed by atoms with E-state index in [1.54, 1.807) is 6.07 Å². The van der Waals surface area contributed by atoms with Crippen LogP contribution >= 0.6 is 11.6 Å². The maximum atomic E-state index is 5.85. The summed E-state index contributed by atoms with van der Waals surface area (Å²) < 4.78 is 0. The Labute approximate surface area is 102 Å². The first-order valence-electron chi connectivity index (χ1n) is 5.78. The van der Waals surface area contributed by atoms with Gasteiger partial charge in [-0.15, -0.1) is 0 Å². The molecular formula is C12H18ClN3. The predicted molar refractivity (Wildman–Crippen MR) is 68.0 cm³/mol. The van der Waals surface area contributed by atoms with Crippen LogP contribution in [-0.2, 0) is 0 Å². The Balaban J connectivity index is 1.92. The summed E-state index contributed by atoms with van der Waals surface area (Å²) in [6.07, 6.45) is 1.17. The van der Waals surface area contributed by atoms with Crippen molar-refractivity contribution >= 4 is 17.4 Å². The maximum Gasteiger partial charge on any atom is 0.131 e. The molecule has 1 aromatic rings. The number of likely N-dealkylation sites (tertiary alicyclic amines) is 1. The van der Waals surface area contributed by atoms with Gasteiger partial charge in [0.25, 0.3) is 0 Å². The second-order valence-corrected chi connectivity index (χ2v) is 4.95. The van der Waals surface area contributed by atoms with Crippen LogP contribution in [0.4, 0.5) is 5.82 Å². The summed E-state index contributed by atoms with van der Waals surface area (Å²) in [7, 11) is 0. The van der Waals surface area contributed by atoms with E-state index in [-0.39, 0.29) is 0 Å². The first-order valence-corrected chi connectivity index (χ1v) is 6.16. The van der Waals surface area contributed by atoms with Crippen molar-refractivity contribution in [1.29, 1.82) is 0 Å². The Kier molecular flexibility index (Phi) is 3.66. The molecule has 1 fully saturated rings. The number of pyridine rings is 1. The highest BCUT2D eigenvalue weighted by atomic mass is 35.5. The fraction of sp³-hybridized carbons (Fsp3) is 0.583. The molecule has 1 saturated heterocycles. The number of nitrogens with zero attached hydrogens (tertiary/aromatic N) is 2. The molecule has 0 spiro atoms. The first-order chi connectivity index (χ1) is 7.65. The zero-order valence-electron chi connectivity index (χ0n) is 9.78. The highest BCUT2D eigenvalue weighted by molar-refractivity contribution is 6.29. The number of aromatic nitrogens is 1. The van der Waals surface area contributed by atoms with Crippen molar-refractivity contribution in [2.45, 2.75) is 32.4 Å². The molecule has 1 aliphatic heterocycles. The average molecular weight is 240 g/mol. The maximum absolute atomic E-state index is 5.85. The number of halogens is 1. The Morgan fingerprint density at radius 3 is 2.94 bits per heavy atom. The molecule has 0 radical (unpaired) electrons. The number of nitrogens with one attached hydrogen (secondary N) is 1. The van der Waals surface area contributed by atoms with Crippen LogP contribution < -0.4 is 5.32 Å². The molecule has 1 unspecified atom stereocenters. The Morgan fingerprint density at radius 1 is 1.50 bits per heavy atom. The van der Waals surface area contributed by atoms with Crippen molar-refractivity contribution in [3.8, 4) is 0 Å². The second-order valence-electron chi connectivity index (χ2n) is 4.56. The number of hydrogen-bond acceptors (Lipinski definition) is 3. The summed E-state index contributed by atoms with van der Waals surface area (Å²) in [4.78, 5) is 6.72. The van der Waals surface area contributed by atoms with Crippen LogP contribution in [0.3, 0.4) is 0 Å². The quantitative estimate of drug-likeness (QED) is 0.822. The molecule has 0 aromatic carbocycles. The minimum atomic E-state index is 0.494. The molecular weight excluding hydrogens is 222 g/mol. The highest BCUT2D eigenvalue weighted by Gasteiger charge is 2.23. The third-order valence-electron chi connectivity index (χ3n) is 3.02. The van der Waals surface area contributed by atoms with E-state index in [0.29, 0.717) is 17.2 Å². The second kappa shape index (κ2) is 5.02. The van der Waals surface area contributed by atoms with Gasteiger partial charge in [-0.25, -0.2) is 4.98 Å². The molecule has 3 nitrogen and oxygen atoms in total. The fourth-order valence-electron chi connectivity index (χ4n) is 2.07. The molecule has 0 saturated carbocycles. The summed E-state index contributed by atoms with van der Waals surface area (Å²) in [5, 5.41) is 3.97. The molecule has 1 atom stereocenters. The van der Waals surface area contributed by atoms with Crippen molar-refractivity contribution in [1.82, 2.24) is 9.88 Å². The summed E-state index contributed by atoms with van der Waals surface area (Å²) in [5.74, 6) is 0.878. The molecule has 1 aliphatic rings. The van der Waals surface area contributed by atoms with Gasteiger partial charge in [-0.2, -0.15) is 0 Å². The molecule has 0 bridgehead atoms. The average Bonchev–Trinajstić information content (AvgIpc) is 2.66. The fourth-order valence-corrected chi connectivity index (χ4v) is 2.24. The van der Waals surface area contributed by atoms with Crippen molar-refractivity contribution in [3.05, 3.63) is 23.4 Å². The van der Waals surface area contributed by atoms with E-state index in [1.807, 2.05) is 12.1 Å². The van der Waals surface area contributed by atoms with Crippen LogP contribution in [0.1, 0.15) is 20.3 Å². The van der Waals surface area contributed by atoms with Gasteiger partial charge in [0.15, 0.2) is 0 Å². The van der Waals surface area contributed by atoms with Gasteiger partial charge in [-0.05, 0) is 32.4 Å². The van der Waals surface area contributed by atoms with Crippen molar-refractivity contribution < 1.29 is 0 Å². The highest BCUT2D eigenvalue weighted by Crippen LogP contribution is 2.17. The molecule has 16 heavy (non-hydrogen) atoms. The third kappa shape index (κ3) is 2.86. The topological polar surface area (TPSA) is 28.2 Å². The van der Waals surface area contributed by atoms with Gasteiger partial charge < -0.3 is 5.32 Å². The van der Waals surface area contributed by atoms with E-state index < -0.39 is 0 Å². The van der Waals surface area contributed by atoms with Crippen molar-refractivity contribution in [3.63, 3.8) is 0 Å². The van der Waals surface area contributed by atoms with Crippen LogP contribution in [-0.4, -0.2) is 35.1 Å². The molecule has 1 aromatic heterocycles. The van der Waals surface area contributed by atoms with Crippen LogP contribution in [0.15, 0.2) is 18.2 Å². The molecule has 4 heteroatoms. The van der Waals surface area contributed by atoms with Gasteiger partial charge in [0.2, 0.25) is 0 Å². The smallest absolute Gasteiger partial charge is 0.131 e. The van der Waals surface area contributed by atoms with E-state index in [0.717, 1.165) is 18.9 Å². The van der Waals surface area contributed by atoms with Crippen LogP contribution in [0.2, 0.25) is 5.15 Å². The summed E-state index contributed by atoms with van der Waals surface area (Å²) in [6.45, 7) is 6.72. The Morgan fingerprint density at radius 2 is 2.31 bits per heavy atom. The molecule has 0 aliphatic carbocycles. The van der Waals surface area contributed by atoms with Crippen LogP contribution in [0.25, 0.3) is 0 Å².